The Balaban J connectivity index is 2.59. The van der Waals surface area contributed by atoms with Gasteiger partial charge in [-0.05, 0) is 11.4 Å². The van der Waals surface area contributed by atoms with Crippen LogP contribution in [0.25, 0.3) is 11.1 Å². The Bertz CT molecular complexity index is 518. The van der Waals surface area contributed by atoms with Crippen molar-refractivity contribution in [3.63, 3.8) is 0 Å². The summed E-state index contributed by atoms with van der Waals surface area (Å²) in [5.41, 5.74) is 1.27. The summed E-state index contributed by atoms with van der Waals surface area (Å²) in [5, 5.41) is 15.1. The molecule has 0 aromatic carbocycles. The Hall–Kier alpha value is -1.33. The highest BCUT2D eigenvalue weighted by Gasteiger charge is 2.17. The van der Waals surface area contributed by atoms with Crippen LogP contribution in [-0.2, 0) is 7.05 Å². The van der Waals surface area contributed by atoms with E-state index < -0.39 is 5.97 Å². The lowest BCUT2D eigenvalue weighted by molar-refractivity contribution is 0.0703. The molecule has 0 unspecified atom stereocenters. The maximum atomic E-state index is 10.9. The van der Waals surface area contributed by atoms with Gasteiger partial charge >= 0.3 is 5.97 Å². The number of hydrogen-bond donors (Lipinski definition) is 1. The van der Waals surface area contributed by atoms with Crippen molar-refractivity contribution in [2.24, 2.45) is 7.05 Å². The van der Waals surface area contributed by atoms with Crippen molar-refractivity contribution in [3.05, 3.63) is 27.7 Å². The minimum absolute atomic E-state index is 0.282. The fraction of sp³-hybridized carbons (Fsp3) is 0.111. The van der Waals surface area contributed by atoms with Gasteiger partial charge in [0.1, 0.15) is 10.0 Å². The Labute approximate surface area is 94.7 Å². The molecule has 0 saturated heterocycles. The van der Waals surface area contributed by atoms with Gasteiger partial charge in [0.2, 0.25) is 0 Å². The Morgan fingerprint density at radius 1 is 1.60 bits per heavy atom. The maximum absolute atomic E-state index is 10.9. The molecule has 2 heterocycles. The number of hydrogen-bond acceptors (Lipinski definition) is 3. The van der Waals surface area contributed by atoms with E-state index in [1.807, 2.05) is 0 Å². The third-order valence-electron chi connectivity index (χ3n) is 2.02. The van der Waals surface area contributed by atoms with Crippen molar-refractivity contribution in [3.8, 4) is 11.1 Å². The predicted molar refractivity (Wildman–Crippen MR) is 58.5 cm³/mol. The number of nitrogens with zero attached hydrogens (tertiary/aromatic N) is 2. The van der Waals surface area contributed by atoms with Gasteiger partial charge < -0.3 is 5.11 Å². The monoisotopic (exact) mass is 242 g/mol. The van der Waals surface area contributed by atoms with E-state index in [0.717, 1.165) is 0 Å². The zero-order valence-electron chi connectivity index (χ0n) is 7.77. The highest BCUT2D eigenvalue weighted by molar-refractivity contribution is 7.12. The number of halogens is 1. The van der Waals surface area contributed by atoms with Gasteiger partial charge in [-0.3, -0.25) is 4.68 Å². The number of carboxylic acids is 1. The number of aromatic nitrogens is 2. The van der Waals surface area contributed by atoms with Crippen molar-refractivity contribution in [2.75, 3.05) is 0 Å². The van der Waals surface area contributed by atoms with Gasteiger partial charge in [-0.1, -0.05) is 11.6 Å². The molecule has 0 saturated carbocycles. The van der Waals surface area contributed by atoms with Gasteiger partial charge in [0.15, 0.2) is 0 Å². The molecule has 0 radical (unpaired) electrons. The molecular weight excluding hydrogens is 236 g/mol. The number of aromatic carboxylic acids is 1. The lowest BCUT2D eigenvalue weighted by atomic mass is 10.1. The predicted octanol–water partition coefficient (Wildman–Crippen LogP) is 2.50. The van der Waals surface area contributed by atoms with E-state index in [0.29, 0.717) is 16.3 Å². The second-order valence-electron chi connectivity index (χ2n) is 2.94. The Morgan fingerprint density at radius 3 is 2.87 bits per heavy atom. The SMILES string of the molecule is Cn1ncc(-c2ccsc2C(=O)O)c1Cl. The van der Waals surface area contributed by atoms with E-state index in [1.54, 1.807) is 24.7 Å². The molecule has 0 fully saturated rings. The van der Waals surface area contributed by atoms with Crippen LogP contribution in [0, 0.1) is 0 Å². The highest BCUT2D eigenvalue weighted by atomic mass is 35.5. The molecule has 2 aromatic rings. The first-order valence-corrected chi connectivity index (χ1v) is 5.35. The van der Waals surface area contributed by atoms with Crippen LogP contribution in [0.2, 0.25) is 5.15 Å². The van der Waals surface area contributed by atoms with Gasteiger partial charge in [0.25, 0.3) is 0 Å². The summed E-state index contributed by atoms with van der Waals surface area (Å²) >= 11 is 7.16. The van der Waals surface area contributed by atoms with Crippen LogP contribution in [0.3, 0.4) is 0 Å². The van der Waals surface area contributed by atoms with Crippen molar-refractivity contribution < 1.29 is 9.90 Å². The molecule has 2 aromatic heterocycles. The molecule has 0 amide bonds. The molecule has 78 valence electrons. The minimum Gasteiger partial charge on any atom is -0.477 e. The number of carbonyl (C=O) groups is 1. The molecule has 0 bridgehead atoms. The summed E-state index contributed by atoms with van der Waals surface area (Å²) < 4.78 is 1.50. The number of aryl methyl sites for hydroxylation is 1. The topological polar surface area (TPSA) is 55.1 Å². The first kappa shape index (κ1) is 10.2. The summed E-state index contributed by atoms with van der Waals surface area (Å²) in [5.74, 6) is -0.945. The fourth-order valence-corrected chi connectivity index (χ4v) is 2.23. The van der Waals surface area contributed by atoms with Crippen LogP contribution in [0.15, 0.2) is 17.6 Å². The van der Waals surface area contributed by atoms with Crippen LogP contribution in [-0.4, -0.2) is 20.9 Å². The van der Waals surface area contributed by atoms with Gasteiger partial charge in [0.05, 0.1) is 6.20 Å². The lowest BCUT2D eigenvalue weighted by Gasteiger charge is -1.97. The molecule has 6 heteroatoms. The van der Waals surface area contributed by atoms with Crippen molar-refractivity contribution >= 4 is 28.9 Å². The molecule has 2 rings (SSSR count). The van der Waals surface area contributed by atoms with E-state index in [-0.39, 0.29) is 4.88 Å². The van der Waals surface area contributed by atoms with Crippen LogP contribution in [0.4, 0.5) is 0 Å². The number of carboxylic acid groups (broad SMARTS) is 1. The highest BCUT2D eigenvalue weighted by Crippen LogP contribution is 2.32. The van der Waals surface area contributed by atoms with Gasteiger partial charge in [-0.25, -0.2) is 4.79 Å². The minimum atomic E-state index is -0.945. The fourth-order valence-electron chi connectivity index (χ4n) is 1.29. The summed E-state index contributed by atoms with van der Waals surface area (Å²) in [4.78, 5) is 11.2. The average Bonchev–Trinajstić information content (AvgIpc) is 2.75. The van der Waals surface area contributed by atoms with Crippen LogP contribution >= 0.6 is 22.9 Å². The Kier molecular flexibility index (Phi) is 2.50. The summed E-state index contributed by atoms with van der Waals surface area (Å²) in [7, 11) is 1.71. The van der Waals surface area contributed by atoms with Crippen LogP contribution in [0.1, 0.15) is 9.67 Å². The van der Waals surface area contributed by atoms with Crippen molar-refractivity contribution in [2.45, 2.75) is 0 Å². The molecule has 4 nitrogen and oxygen atoms in total. The van der Waals surface area contributed by atoms with E-state index >= 15 is 0 Å². The summed E-state index contributed by atoms with van der Waals surface area (Å²) in [6, 6.07) is 1.73. The molecular formula is C9H7ClN2O2S. The average molecular weight is 243 g/mol. The molecule has 0 spiro atoms. The third-order valence-corrected chi connectivity index (χ3v) is 3.37. The number of thiophene rings is 1. The van der Waals surface area contributed by atoms with E-state index in [2.05, 4.69) is 5.10 Å². The van der Waals surface area contributed by atoms with Crippen LogP contribution in [0.5, 0.6) is 0 Å². The first-order valence-electron chi connectivity index (χ1n) is 4.10. The third kappa shape index (κ3) is 1.64. The first-order chi connectivity index (χ1) is 7.11. The smallest absolute Gasteiger partial charge is 0.346 e. The van der Waals surface area contributed by atoms with E-state index in [4.69, 9.17) is 16.7 Å². The van der Waals surface area contributed by atoms with Crippen LogP contribution < -0.4 is 0 Å². The molecule has 0 aliphatic rings. The quantitative estimate of drug-likeness (QED) is 0.880. The molecule has 0 aliphatic heterocycles. The molecule has 1 N–H and O–H groups in total. The van der Waals surface area contributed by atoms with Gasteiger partial charge in [-0.2, -0.15) is 5.10 Å². The second kappa shape index (κ2) is 3.67. The standard InChI is InChI=1S/C9H7ClN2O2S/c1-12-8(10)6(4-11-12)5-2-3-15-7(5)9(13)14/h2-4H,1H3,(H,13,14). The summed E-state index contributed by atoms with van der Waals surface area (Å²) in [6.07, 6.45) is 1.57. The maximum Gasteiger partial charge on any atom is 0.346 e. The van der Waals surface area contributed by atoms with E-state index in [9.17, 15) is 4.79 Å². The van der Waals surface area contributed by atoms with E-state index in [1.165, 1.54) is 16.0 Å². The Morgan fingerprint density at radius 2 is 2.33 bits per heavy atom. The lowest BCUT2D eigenvalue weighted by Crippen LogP contribution is -1.94. The zero-order valence-corrected chi connectivity index (χ0v) is 9.34. The summed E-state index contributed by atoms with van der Waals surface area (Å²) in [6.45, 7) is 0. The molecule has 15 heavy (non-hydrogen) atoms. The molecule has 0 atom stereocenters. The van der Waals surface area contributed by atoms with Crippen molar-refractivity contribution in [1.82, 2.24) is 9.78 Å². The second-order valence-corrected chi connectivity index (χ2v) is 4.22. The normalized spacial score (nSPS) is 10.5. The molecule has 0 aliphatic carbocycles. The largest absolute Gasteiger partial charge is 0.477 e. The zero-order chi connectivity index (χ0) is 11.0. The van der Waals surface area contributed by atoms with Crippen molar-refractivity contribution in [1.29, 1.82) is 0 Å². The van der Waals surface area contributed by atoms with Gasteiger partial charge in [0, 0.05) is 18.2 Å². The van der Waals surface area contributed by atoms with Gasteiger partial charge in [-0.15, -0.1) is 11.3 Å². The number of rotatable bonds is 2.